The number of hydrogen-bond donors (Lipinski definition) is 2. The molecule has 2 aromatic rings. The maximum atomic E-state index is 12.2. The van der Waals surface area contributed by atoms with E-state index in [2.05, 4.69) is 29.5 Å². The molecule has 5 heteroatoms. The molecular weight excluding hydrogens is 290 g/mol. The third-order valence-electron chi connectivity index (χ3n) is 3.47. The van der Waals surface area contributed by atoms with Gasteiger partial charge in [0.1, 0.15) is 5.82 Å². The minimum absolute atomic E-state index is 0.168. The molecule has 122 valence electrons. The number of benzene rings is 1. The van der Waals surface area contributed by atoms with E-state index in [9.17, 15) is 4.79 Å². The third-order valence-corrected chi connectivity index (χ3v) is 3.47. The van der Waals surface area contributed by atoms with Crippen LogP contribution in [0.15, 0.2) is 42.6 Å². The molecule has 1 aromatic carbocycles. The van der Waals surface area contributed by atoms with Gasteiger partial charge in [-0.15, -0.1) is 0 Å². The average molecular weight is 313 g/mol. The molecule has 2 N–H and O–H groups in total. The highest BCUT2D eigenvalue weighted by Crippen LogP contribution is 2.17. The van der Waals surface area contributed by atoms with E-state index in [1.54, 1.807) is 25.4 Å². The Balaban J connectivity index is 1.94. The van der Waals surface area contributed by atoms with Crippen molar-refractivity contribution in [2.24, 2.45) is 0 Å². The van der Waals surface area contributed by atoms with Gasteiger partial charge in [-0.2, -0.15) is 0 Å². The van der Waals surface area contributed by atoms with Gasteiger partial charge in [-0.1, -0.05) is 26.0 Å². The lowest BCUT2D eigenvalue weighted by Gasteiger charge is -2.09. The average Bonchev–Trinajstić information content (AvgIpc) is 2.56. The van der Waals surface area contributed by atoms with Crippen LogP contribution < -0.4 is 10.6 Å². The summed E-state index contributed by atoms with van der Waals surface area (Å²) in [6.45, 7) is 5.57. The standard InChI is InChI=1S/C18H23N3O2/c1-13(2)14-4-7-16(8-5-14)21-18(22)15-6-9-17(20-12-15)19-10-11-23-3/h4-9,12-13H,10-11H2,1-3H3,(H,19,20)(H,21,22). The van der Waals surface area contributed by atoms with E-state index in [1.807, 2.05) is 24.3 Å². The monoisotopic (exact) mass is 313 g/mol. The highest BCUT2D eigenvalue weighted by Gasteiger charge is 2.07. The maximum Gasteiger partial charge on any atom is 0.257 e. The highest BCUT2D eigenvalue weighted by atomic mass is 16.5. The van der Waals surface area contributed by atoms with Crippen molar-refractivity contribution in [1.82, 2.24) is 4.98 Å². The van der Waals surface area contributed by atoms with Crippen LogP contribution in [0.2, 0.25) is 0 Å². The van der Waals surface area contributed by atoms with E-state index in [0.29, 0.717) is 24.6 Å². The number of rotatable bonds is 7. The lowest BCUT2D eigenvalue weighted by Crippen LogP contribution is -2.13. The summed E-state index contributed by atoms with van der Waals surface area (Å²) < 4.78 is 4.96. The molecule has 0 aliphatic carbocycles. The lowest BCUT2D eigenvalue weighted by atomic mass is 10.0. The molecule has 1 aromatic heterocycles. The van der Waals surface area contributed by atoms with Crippen molar-refractivity contribution in [2.75, 3.05) is 30.9 Å². The number of nitrogens with zero attached hydrogens (tertiary/aromatic N) is 1. The van der Waals surface area contributed by atoms with Crippen molar-refractivity contribution in [1.29, 1.82) is 0 Å². The van der Waals surface area contributed by atoms with Crippen molar-refractivity contribution in [3.8, 4) is 0 Å². The predicted octanol–water partition coefficient (Wildman–Crippen LogP) is 3.52. The molecule has 0 radical (unpaired) electrons. The van der Waals surface area contributed by atoms with Gasteiger partial charge in [-0.05, 0) is 35.7 Å². The number of anilines is 2. The molecule has 0 bridgehead atoms. The number of methoxy groups -OCH3 is 1. The normalized spacial score (nSPS) is 10.6. The van der Waals surface area contributed by atoms with Gasteiger partial charge in [0.2, 0.25) is 0 Å². The Kier molecular flexibility index (Phi) is 6.11. The molecule has 0 aliphatic heterocycles. The second-order valence-electron chi connectivity index (χ2n) is 5.58. The summed E-state index contributed by atoms with van der Waals surface area (Å²) in [5.41, 5.74) is 2.55. The molecule has 1 amide bonds. The van der Waals surface area contributed by atoms with Crippen molar-refractivity contribution in [3.05, 3.63) is 53.7 Å². The molecule has 0 saturated heterocycles. The number of carbonyl (C=O) groups is 1. The highest BCUT2D eigenvalue weighted by molar-refractivity contribution is 6.04. The van der Waals surface area contributed by atoms with E-state index in [0.717, 1.165) is 11.5 Å². The first kappa shape index (κ1) is 17.0. The largest absolute Gasteiger partial charge is 0.383 e. The van der Waals surface area contributed by atoms with Crippen LogP contribution in [-0.4, -0.2) is 31.2 Å². The summed E-state index contributed by atoms with van der Waals surface area (Å²) in [5, 5.41) is 5.99. The molecule has 23 heavy (non-hydrogen) atoms. The number of carbonyl (C=O) groups excluding carboxylic acids is 1. The van der Waals surface area contributed by atoms with Gasteiger partial charge in [0.25, 0.3) is 5.91 Å². The van der Waals surface area contributed by atoms with Gasteiger partial charge in [0.15, 0.2) is 0 Å². The Morgan fingerprint density at radius 1 is 1.17 bits per heavy atom. The lowest BCUT2D eigenvalue weighted by molar-refractivity contribution is 0.102. The van der Waals surface area contributed by atoms with Crippen molar-refractivity contribution in [2.45, 2.75) is 19.8 Å². The summed E-state index contributed by atoms with van der Waals surface area (Å²) in [4.78, 5) is 16.4. The molecule has 5 nitrogen and oxygen atoms in total. The maximum absolute atomic E-state index is 12.2. The summed E-state index contributed by atoms with van der Waals surface area (Å²) in [6, 6.07) is 11.4. The zero-order valence-corrected chi connectivity index (χ0v) is 13.8. The van der Waals surface area contributed by atoms with Crippen LogP contribution >= 0.6 is 0 Å². The van der Waals surface area contributed by atoms with Crippen LogP contribution in [-0.2, 0) is 4.74 Å². The Morgan fingerprint density at radius 2 is 1.91 bits per heavy atom. The van der Waals surface area contributed by atoms with Crippen LogP contribution in [0.5, 0.6) is 0 Å². The summed E-state index contributed by atoms with van der Waals surface area (Å²) in [7, 11) is 1.65. The zero-order valence-electron chi connectivity index (χ0n) is 13.8. The summed E-state index contributed by atoms with van der Waals surface area (Å²) >= 11 is 0. The first-order valence-corrected chi connectivity index (χ1v) is 7.70. The fourth-order valence-electron chi connectivity index (χ4n) is 2.07. The number of aromatic nitrogens is 1. The number of hydrogen-bond acceptors (Lipinski definition) is 4. The Bertz CT molecular complexity index is 622. The molecular formula is C18H23N3O2. The first-order chi connectivity index (χ1) is 11.1. The quantitative estimate of drug-likeness (QED) is 0.768. The van der Waals surface area contributed by atoms with Gasteiger partial charge < -0.3 is 15.4 Å². The molecule has 0 fully saturated rings. The van der Waals surface area contributed by atoms with Gasteiger partial charge in [0, 0.05) is 25.5 Å². The van der Waals surface area contributed by atoms with E-state index < -0.39 is 0 Å². The molecule has 0 saturated carbocycles. The van der Waals surface area contributed by atoms with E-state index in [-0.39, 0.29) is 5.91 Å². The minimum Gasteiger partial charge on any atom is -0.383 e. The summed E-state index contributed by atoms with van der Waals surface area (Å²) in [6.07, 6.45) is 1.56. The van der Waals surface area contributed by atoms with Crippen LogP contribution in [0, 0.1) is 0 Å². The van der Waals surface area contributed by atoms with Crippen molar-refractivity contribution >= 4 is 17.4 Å². The topological polar surface area (TPSA) is 63.2 Å². The molecule has 0 atom stereocenters. The molecule has 0 unspecified atom stereocenters. The molecule has 2 rings (SSSR count). The molecule has 0 spiro atoms. The van der Waals surface area contributed by atoms with E-state index in [4.69, 9.17) is 4.74 Å². The Hall–Kier alpha value is -2.40. The SMILES string of the molecule is COCCNc1ccc(C(=O)Nc2ccc(C(C)C)cc2)cn1. The van der Waals surface area contributed by atoms with E-state index in [1.165, 1.54) is 5.56 Å². The molecule has 1 heterocycles. The smallest absolute Gasteiger partial charge is 0.257 e. The fraction of sp³-hybridized carbons (Fsp3) is 0.333. The number of ether oxygens (including phenoxy) is 1. The van der Waals surface area contributed by atoms with Gasteiger partial charge in [-0.3, -0.25) is 4.79 Å². The number of pyridine rings is 1. The first-order valence-electron chi connectivity index (χ1n) is 7.70. The van der Waals surface area contributed by atoms with Gasteiger partial charge in [-0.25, -0.2) is 4.98 Å². The Morgan fingerprint density at radius 3 is 2.48 bits per heavy atom. The van der Waals surface area contributed by atoms with Crippen LogP contribution in [0.25, 0.3) is 0 Å². The van der Waals surface area contributed by atoms with Gasteiger partial charge >= 0.3 is 0 Å². The van der Waals surface area contributed by atoms with Crippen molar-refractivity contribution in [3.63, 3.8) is 0 Å². The predicted molar refractivity (Wildman–Crippen MR) is 93.1 cm³/mol. The third kappa shape index (κ3) is 5.07. The van der Waals surface area contributed by atoms with E-state index >= 15 is 0 Å². The Labute approximate surface area is 137 Å². The number of amides is 1. The fourth-order valence-corrected chi connectivity index (χ4v) is 2.07. The summed E-state index contributed by atoms with van der Waals surface area (Å²) in [5.74, 6) is 1.03. The van der Waals surface area contributed by atoms with Crippen LogP contribution in [0.4, 0.5) is 11.5 Å². The van der Waals surface area contributed by atoms with Crippen LogP contribution in [0.3, 0.4) is 0 Å². The molecule has 0 aliphatic rings. The van der Waals surface area contributed by atoms with Gasteiger partial charge in [0.05, 0.1) is 12.2 Å². The van der Waals surface area contributed by atoms with Crippen LogP contribution in [0.1, 0.15) is 35.7 Å². The zero-order chi connectivity index (χ0) is 16.7. The second-order valence-corrected chi connectivity index (χ2v) is 5.58. The van der Waals surface area contributed by atoms with Crippen molar-refractivity contribution < 1.29 is 9.53 Å². The minimum atomic E-state index is -0.168. The second kappa shape index (κ2) is 8.29. The number of nitrogens with one attached hydrogen (secondary N) is 2.